The fraction of sp³-hybridized carbons (Fsp3) is 0.0909. The number of oxime groups is 1. The third-order valence-corrected chi connectivity index (χ3v) is 2.11. The SMILES string of the molecule is ON=Cc1ccc(Cn2ccnc2)cc1. The molecule has 0 unspecified atom stereocenters. The molecule has 0 aliphatic carbocycles. The molecule has 1 N–H and O–H groups in total. The third kappa shape index (κ3) is 2.43. The van der Waals surface area contributed by atoms with Gasteiger partial charge in [0.1, 0.15) is 0 Å². The number of aromatic nitrogens is 2. The first-order valence-electron chi connectivity index (χ1n) is 4.60. The molecule has 1 aromatic heterocycles. The second-order valence-electron chi connectivity index (χ2n) is 3.22. The van der Waals surface area contributed by atoms with Crippen LogP contribution in [0.15, 0.2) is 48.1 Å². The van der Waals surface area contributed by atoms with Gasteiger partial charge in [-0.2, -0.15) is 0 Å². The molecule has 76 valence electrons. The van der Waals surface area contributed by atoms with Crippen molar-refractivity contribution in [1.82, 2.24) is 9.55 Å². The molecule has 4 heteroatoms. The van der Waals surface area contributed by atoms with Crippen LogP contribution in [-0.2, 0) is 6.54 Å². The van der Waals surface area contributed by atoms with E-state index in [4.69, 9.17) is 5.21 Å². The Hall–Kier alpha value is -2.10. The van der Waals surface area contributed by atoms with Gasteiger partial charge >= 0.3 is 0 Å². The van der Waals surface area contributed by atoms with Crippen LogP contribution in [0, 0.1) is 0 Å². The van der Waals surface area contributed by atoms with Crippen molar-refractivity contribution in [1.29, 1.82) is 0 Å². The predicted molar refractivity (Wildman–Crippen MR) is 57.2 cm³/mol. The molecule has 1 aromatic carbocycles. The Balaban J connectivity index is 2.10. The van der Waals surface area contributed by atoms with E-state index in [9.17, 15) is 0 Å². The fourth-order valence-electron chi connectivity index (χ4n) is 1.37. The first kappa shape index (κ1) is 9.45. The maximum Gasteiger partial charge on any atom is 0.0949 e. The number of rotatable bonds is 3. The number of hydrogen-bond acceptors (Lipinski definition) is 3. The van der Waals surface area contributed by atoms with Gasteiger partial charge in [0.25, 0.3) is 0 Å². The Labute approximate surface area is 87.5 Å². The first-order chi connectivity index (χ1) is 7.38. The van der Waals surface area contributed by atoms with Crippen molar-refractivity contribution in [2.75, 3.05) is 0 Å². The molecule has 0 aliphatic heterocycles. The fourth-order valence-corrected chi connectivity index (χ4v) is 1.37. The molecule has 0 aliphatic rings. The Morgan fingerprint density at radius 1 is 1.33 bits per heavy atom. The van der Waals surface area contributed by atoms with Crippen LogP contribution in [0.4, 0.5) is 0 Å². The molecule has 0 radical (unpaired) electrons. The van der Waals surface area contributed by atoms with Crippen LogP contribution in [0.1, 0.15) is 11.1 Å². The standard InChI is InChI=1S/C11H11N3O/c15-13-7-10-1-3-11(4-2-10)8-14-6-5-12-9-14/h1-7,9,15H,8H2. The van der Waals surface area contributed by atoms with E-state index in [0.29, 0.717) is 0 Å². The van der Waals surface area contributed by atoms with E-state index in [1.807, 2.05) is 35.0 Å². The summed E-state index contributed by atoms with van der Waals surface area (Å²) in [6.45, 7) is 0.802. The molecule has 15 heavy (non-hydrogen) atoms. The molecule has 2 aromatic rings. The molecule has 0 atom stereocenters. The molecular weight excluding hydrogens is 190 g/mol. The van der Waals surface area contributed by atoms with Crippen molar-refractivity contribution in [3.05, 3.63) is 54.1 Å². The normalized spacial score (nSPS) is 10.9. The third-order valence-electron chi connectivity index (χ3n) is 2.11. The molecular formula is C11H11N3O. The van der Waals surface area contributed by atoms with E-state index >= 15 is 0 Å². The minimum absolute atomic E-state index is 0.802. The summed E-state index contributed by atoms with van der Waals surface area (Å²) in [4.78, 5) is 3.97. The maximum atomic E-state index is 8.35. The van der Waals surface area contributed by atoms with Gasteiger partial charge < -0.3 is 9.77 Å². The van der Waals surface area contributed by atoms with Crippen molar-refractivity contribution >= 4 is 6.21 Å². The number of hydrogen-bond donors (Lipinski definition) is 1. The Kier molecular flexibility index (Phi) is 2.78. The van der Waals surface area contributed by atoms with Crippen molar-refractivity contribution < 1.29 is 5.21 Å². The molecule has 0 spiro atoms. The summed E-state index contributed by atoms with van der Waals surface area (Å²) in [5, 5.41) is 11.3. The second-order valence-corrected chi connectivity index (χ2v) is 3.22. The van der Waals surface area contributed by atoms with Crippen LogP contribution >= 0.6 is 0 Å². The van der Waals surface area contributed by atoms with Gasteiger partial charge in [0.2, 0.25) is 0 Å². The lowest BCUT2D eigenvalue weighted by atomic mass is 10.1. The van der Waals surface area contributed by atoms with Crippen LogP contribution in [-0.4, -0.2) is 21.0 Å². The van der Waals surface area contributed by atoms with Gasteiger partial charge in [-0.1, -0.05) is 29.4 Å². The van der Waals surface area contributed by atoms with Crippen molar-refractivity contribution in [3.8, 4) is 0 Å². The number of benzene rings is 1. The molecule has 4 nitrogen and oxygen atoms in total. The zero-order valence-electron chi connectivity index (χ0n) is 8.11. The summed E-state index contributed by atoms with van der Waals surface area (Å²) >= 11 is 0. The van der Waals surface area contributed by atoms with E-state index in [1.54, 1.807) is 12.5 Å². The highest BCUT2D eigenvalue weighted by Gasteiger charge is 1.94. The van der Waals surface area contributed by atoms with Crippen LogP contribution in [0.5, 0.6) is 0 Å². The van der Waals surface area contributed by atoms with E-state index < -0.39 is 0 Å². The average molecular weight is 201 g/mol. The minimum atomic E-state index is 0.802. The zero-order valence-corrected chi connectivity index (χ0v) is 8.11. The summed E-state index contributed by atoms with van der Waals surface area (Å²) in [6.07, 6.45) is 6.86. The van der Waals surface area contributed by atoms with Crippen LogP contribution in [0.25, 0.3) is 0 Å². The second kappa shape index (κ2) is 4.41. The lowest BCUT2D eigenvalue weighted by molar-refractivity contribution is 0.322. The molecule has 2 rings (SSSR count). The number of imidazole rings is 1. The van der Waals surface area contributed by atoms with Crippen molar-refractivity contribution in [2.24, 2.45) is 5.16 Å². The summed E-state index contributed by atoms with van der Waals surface area (Å²) in [6, 6.07) is 7.81. The van der Waals surface area contributed by atoms with Gasteiger partial charge in [0, 0.05) is 18.9 Å². The molecule has 0 bridgehead atoms. The minimum Gasteiger partial charge on any atom is -0.411 e. The van der Waals surface area contributed by atoms with Crippen LogP contribution in [0.2, 0.25) is 0 Å². The van der Waals surface area contributed by atoms with Crippen LogP contribution in [0.3, 0.4) is 0 Å². The van der Waals surface area contributed by atoms with Gasteiger partial charge in [-0.15, -0.1) is 0 Å². The summed E-state index contributed by atoms with van der Waals surface area (Å²) in [5.74, 6) is 0. The topological polar surface area (TPSA) is 50.4 Å². The van der Waals surface area contributed by atoms with Gasteiger partial charge in [-0.3, -0.25) is 0 Å². The maximum absolute atomic E-state index is 8.35. The summed E-state index contributed by atoms with van der Waals surface area (Å²) in [7, 11) is 0. The predicted octanol–water partition coefficient (Wildman–Crippen LogP) is 1.74. The lowest BCUT2D eigenvalue weighted by Crippen LogP contribution is -1.96. The molecule has 1 heterocycles. The smallest absolute Gasteiger partial charge is 0.0949 e. The Morgan fingerprint density at radius 3 is 2.73 bits per heavy atom. The van der Waals surface area contributed by atoms with Crippen LogP contribution < -0.4 is 0 Å². The van der Waals surface area contributed by atoms with Gasteiger partial charge in [-0.05, 0) is 11.1 Å². The van der Waals surface area contributed by atoms with Gasteiger partial charge in [0.05, 0.1) is 12.5 Å². The largest absolute Gasteiger partial charge is 0.411 e. The van der Waals surface area contributed by atoms with E-state index in [0.717, 1.165) is 12.1 Å². The summed E-state index contributed by atoms with van der Waals surface area (Å²) < 4.78 is 2.00. The van der Waals surface area contributed by atoms with E-state index in [1.165, 1.54) is 11.8 Å². The molecule has 0 saturated carbocycles. The zero-order chi connectivity index (χ0) is 10.5. The quantitative estimate of drug-likeness (QED) is 0.467. The molecule has 0 saturated heterocycles. The van der Waals surface area contributed by atoms with E-state index in [2.05, 4.69) is 10.1 Å². The van der Waals surface area contributed by atoms with Crippen molar-refractivity contribution in [3.63, 3.8) is 0 Å². The highest BCUT2D eigenvalue weighted by Crippen LogP contribution is 2.04. The van der Waals surface area contributed by atoms with Gasteiger partial charge in [-0.25, -0.2) is 4.98 Å². The summed E-state index contributed by atoms with van der Waals surface area (Å²) in [5.41, 5.74) is 2.06. The lowest BCUT2D eigenvalue weighted by Gasteiger charge is -2.02. The Bertz CT molecular complexity index is 431. The first-order valence-corrected chi connectivity index (χ1v) is 4.60. The monoisotopic (exact) mass is 201 g/mol. The highest BCUT2D eigenvalue weighted by atomic mass is 16.4. The molecule has 0 amide bonds. The average Bonchev–Trinajstić information content (AvgIpc) is 2.74. The van der Waals surface area contributed by atoms with E-state index in [-0.39, 0.29) is 0 Å². The molecule has 0 fully saturated rings. The van der Waals surface area contributed by atoms with Crippen molar-refractivity contribution in [2.45, 2.75) is 6.54 Å². The Morgan fingerprint density at radius 2 is 2.13 bits per heavy atom. The number of nitrogens with zero attached hydrogens (tertiary/aromatic N) is 3. The highest BCUT2D eigenvalue weighted by molar-refractivity contribution is 5.78. The van der Waals surface area contributed by atoms with Gasteiger partial charge in [0.15, 0.2) is 0 Å².